The number of carboxylic acid groups (broad SMARTS) is 1. The minimum absolute atomic E-state index is 0.0217. The lowest BCUT2D eigenvalue weighted by Gasteiger charge is -2.32. The van der Waals surface area contributed by atoms with Crippen LogP contribution < -0.4 is 5.32 Å². The number of carbonyl (C=O) groups excluding carboxylic acids is 2. The van der Waals surface area contributed by atoms with Crippen molar-refractivity contribution in [3.63, 3.8) is 0 Å². The van der Waals surface area contributed by atoms with Gasteiger partial charge < -0.3 is 19.6 Å². The van der Waals surface area contributed by atoms with E-state index in [1.54, 1.807) is 36.4 Å². The van der Waals surface area contributed by atoms with Gasteiger partial charge in [-0.15, -0.1) is 0 Å². The van der Waals surface area contributed by atoms with Crippen molar-refractivity contribution in [1.82, 2.24) is 5.32 Å². The molecule has 1 amide bonds. The Hall–Kier alpha value is -2.93. The highest BCUT2D eigenvalue weighted by Gasteiger charge is 2.40. The number of furan rings is 1. The van der Waals surface area contributed by atoms with Gasteiger partial charge in [-0.25, -0.2) is 0 Å². The number of ether oxygens (including phenoxy) is 1. The Morgan fingerprint density at radius 2 is 1.74 bits per heavy atom. The van der Waals surface area contributed by atoms with Gasteiger partial charge in [-0.2, -0.15) is 0 Å². The highest BCUT2D eigenvalue weighted by atomic mass is 16.5. The molecular weight excluding hydrogens is 350 g/mol. The summed E-state index contributed by atoms with van der Waals surface area (Å²) in [6.07, 6.45) is 0.711. The molecule has 0 bridgehead atoms. The summed E-state index contributed by atoms with van der Waals surface area (Å²) in [7, 11) is 0. The second-order valence-corrected chi connectivity index (χ2v) is 6.68. The van der Waals surface area contributed by atoms with Crippen LogP contribution in [-0.4, -0.2) is 42.5 Å². The van der Waals surface area contributed by atoms with Crippen LogP contribution in [0, 0.1) is 5.41 Å². The lowest BCUT2D eigenvalue weighted by molar-refractivity contribution is -0.154. The fraction of sp³-hybridized carbons (Fsp3) is 0.350. The predicted octanol–water partition coefficient (Wildman–Crippen LogP) is 2.76. The normalized spacial score (nSPS) is 15.9. The number of nitrogens with one attached hydrogen (secondary N) is 1. The largest absolute Gasteiger partial charge is 0.481 e. The van der Waals surface area contributed by atoms with Crippen molar-refractivity contribution in [1.29, 1.82) is 0 Å². The van der Waals surface area contributed by atoms with Gasteiger partial charge in [-0.05, 0) is 31.9 Å². The van der Waals surface area contributed by atoms with Crippen LogP contribution >= 0.6 is 0 Å². The molecule has 0 atom stereocenters. The highest BCUT2D eigenvalue weighted by molar-refractivity contribution is 5.94. The third kappa shape index (κ3) is 4.09. The summed E-state index contributed by atoms with van der Waals surface area (Å²) in [6, 6.07) is 10.1. The third-order valence-corrected chi connectivity index (χ3v) is 4.90. The maximum Gasteiger partial charge on any atom is 0.311 e. The van der Waals surface area contributed by atoms with Crippen molar-refractivity contribution < 1.29 is 28.6 Å². The monoisotopic (exact) mass is 371 g/mol. The van der Waals surface area contributed by atoms with Gasteiger partial charge >= 0.3 is 5.97 Å². The molecule has 0 radical (unpaired) electrons. The molecule has 7 nitrogen and oxygen atoms in total. The molecule has 0 spiro atoms. The molecule has 0 saturated carbocycles. The van der Waals surface area contributed by atoms with Crippen LogP contribution in [0.4, 0.5) is 0 Å². The molecular formula is C20H21NO6. The molecule has 1 aromatic carbocycles. The smallest absolute Gasteiger partial charge is 0.311 e. The molecule has 0 aliphatic carbocycles. The Bertz CT molecular complexity index is 846. The highest BCUT2D eigenvalue weighted by Crippen LogP contribution is 2.30. The Morgan fingerprint density at radius 3 is 2.33 bits per heavy atom. The molecule has 0 unspecified atom stereocenters. The number of hydrogen-bond acceptors (Lipinski definition) is 5. The predicted molar refractivity (Wildman–Crippen MR) is 96.6 cm³/mol. The van der Waals surface area contributed by atoms with Crippen LogP contribution in [0.1, 0.15) is 40.7 Å². The molecule has 3 rings (SSSR count). The second-order valence-electron chi connectivity index (χ2n) is 6.68. The fourth-order valence-electron chi connectivity index (χ4n) is 3.05. The van der Waals surface area contributed by atoms with E-state index in [1.807, 2.05) is 0 Å². The zero-order chi connectivity index (χ0) is 19.4. The summed E-state index contributed by atoms with van der Waals surface area (Å²) in [6.45, 7) is 2.24. The van der Waals surface area contributed by atoms with Crippen LogP contribution in [0.25, 0.3) is 11.3 Å². The van der Waals surface area contributed by atoms with Crippen molar-refractivity contribution in [2.75, 3.05) is 19.8 Å². The van der Waals surface area contributed by atoms with E-state index in [-0.39, 0.29) is 18.1 Å². The van der Waals surface area contributed by atoms with Gasteiger partial charge in [0.15, 0.2) is 11.5 Å². The number of benzene rings is 1. The molecule has 1 aliphatic heterocycles. The minimum atomic E-state index is -1.01. The molecule has 27 heavy (non-hydrogen) atoms. The number of carboxylic acids is 1. The molecule has 7 heteroatoms. The van der Waals surface area contributed by atoms with Crippen molar-refractivity contribution in [3.05, 3.63) is 47.7 Å². The first kappa shape index (κ1) is 18.8. The number of ketones is 1. The van der Waals surface area contributed by atoms with Gasteiger partial charge in [0.25, 0.3) is 5.91 Å². The number of hydrogen-bond donors (Lipinski definition) is 2. The Labute approximate surface area is 156 Å². The first-order chi connectivity index (χ1) is 12.9. The number of rotatable bonds is 6. The van der Waals surface area contributed by atoms with Gasteiger partial charge in [0.1, 0.15) is 5.76 Å². The number of aliphatic carboxylic acids is 1. The molecule has 2 aromatic rings. The Kier molecular flexibility index (Phi) is 5.41. The third-order valence-electron chi connectivity index (χ3n) is 4.90. The summed E-state index contributed by atoms with van der Waals surface area (Å²) in [4.78, 5) is 35.3. The standard InChI is InChI=1S/C20H21NO6/c1-13(22)14-2-4-15(5-3-14)16-6-7-17(27-16)18(23)21-12-20(19(24)25)8-10-26-11-9-20/h2-7H,8-12H2,1H3,(H,21,23)(H,24,25). The Balaban J connectivity index is 1.67. The quantitative estimate of drug-likeness (QED) is 0.757. The SMILES string of the molecule is CC(=O)c1ccc(-c2ccc(C(=O)NCC3(C(=O)O)CCOCC3)o2)cc1. The fourth-order valence-corrected chi connectivity index (χ4v) is 3.05. The molecule has 2 N–H and O–H groups in total. The average Bonchev–Trinajstić information content (AvgIpc) is 3.17. The van der Waals surface area contributed by atoms with E-state index in [1.165, 1.54) is 6.92 Å². The van der Waals surface area contributed by atoms with Crippen molar-refractivity contribution in [3.8, 4) is 11.3 Å². The van der Waals surface area contributed by atoms with Gasteiger partial charge in [-0.3, -0.25) is 14.4 Å². The lowest BCUT2D eigenvalue weighted by atomic mass is 9.80. The van der Waals surface area contributed by atoms with E-state index < -0.39 is 17.3 Å². The van der Waals surface area contributed by atoms with Crippen molar-refractivity contribution in [2.24, 2.45) is 5.41 Å². The van der Waals surface area contributed by atoms with Crippen LogP contribution in [0.3, 0.4) is 0 Å². The number of carbonyl (C=O) groups is 3. The maximum absolute atomic E-state index is 12.4. The van der Waals surface area contributed by atoms with Gasteiger partial charge in [0.05, 0.1) is 5.41 Å². The van der Waals surface area contributed by atoms with E-state index in [2.05, 4.69) is 5.32 Å². The first-order valence-electron chi connectivity index (χ1n) is 8.72. The summed E-state index contributed by atoms with van der Waals surface area (Å²) >= 11 is 0. The van der Waals surface area contributed by atoms with E-state index in [0.717, 1.165) is 5.56 Å². The summed E-state index contributed by atoms with van der Waals surface area (Å²) in [5.41, 5.74) is 0.329. The zero-order valence-corrected chi connectivity index (χ0v) is 15.0. The van der Waals surface area contributed by atoms with E-state index in [4.69, 9.17) is 9.15 Å². The summed E-state index contributed by atoms with van der Waals surface area (Å²) < 4.78 is 10.8. The number of Topliss-reactive ketones (excluding diaryl/α,β-unsaturated/α-hetero) is 1. The van der Waals surface area contributed by atoms with E-state index in [0.29, 0.717) is 37.4 Å². The van der Waals surface area contributed by atoms with Gasteiger partial charge in [0.2, 0.25) is 0 Å². The molecule has 1 saturated heterocycles. The second kappa shape index (κ2) is 7.75. The van der Waals surface area contributed by atoms with Gasteiger partial charge in [0, 0.05) is 30.9 Å². The van der Waals surface area contributed by atoms with Crippen molar-refractivity contribution >= 4 is 17.7 Å². The minimum Gasteiger partial charge on any atom is -0.481 e. The molecule has 1 aliphatic rings. The van der Waals surface area contributed by atoms with Gasteiger partial charge in [-0.1, -0.05) is 24.3 Å². The van der Waals surface area contributed by atoms with Crippen molar-refractivity contribution in [2.45, 2.75) is 19.8 Å². The van der Waals surface area contributed by atoms with Crippen LogP contribution in [-0.2, 0) is 9.53 Å². The first-order valence-corrected chi connectivity index (χ1v) is 8.72. The molecule has 1 aromatic heterocycles. The molecule has 142 valence electrons. The van der Waals surface area contributed by atoms with E-state index in [9.17, 15) is 19.5 Å². The van der Waals surface area contributed by atoms with E-state index >= 15 is 0 Å². The summed E-state index contributed by atoms with van der Waals surface area (Å²) in [5.74, 6) is -0.824. The van der Waals surface area contributed by atoms with Crippen LogP contribution in [0.2, 0.25) is 0 Å². The van der Waals surface area contributed by atoms with Crippen LogP contribution in [0.5, 0.6) is 0 Å². The Morgan fingerprint density at radius 1 is 1.07 bits per heavy atom. The topological polar surface area (TPSA) is 106 Å². The van der Waals surface area contributed by atoms with Crippen LogP contribution in [0.15, 0.2) is 40.8 Å². The molecule has 2 heterocycles. The number of amides is 1. The zero-order valence-electron chi connectivity index (χ0n) is 15.0. The molecule has 1 fully saturated rings. The lowest BCUT2D eigenvalue weighted by Crippen LogP contribution is -2.46. The average molecular weight is 371 g/mol. The maximum atomic E-state index is 12.4. The summed E-state index contributed by atoms with van der Waals surface area (Å²) in [5, 5.41) is 12.2.